The van der Waals surface area contributed by atoms with Crippen molar-refractivity contribution in [3.05, 3.63) is 59.2 Å². The summed E-state index contributed by atoms with van der Waals surface area (Å²) in [6.07, 6.45) is 9.24. The van der Waals surface area contributed by atoms with Crippen LogP contribution in [0.15, 0.2) is 48.4 Å². The Kier molecular flexibility index (Phi) is 12.1. The number of fused-ring (bicyclic) bond motifs is 1. The Balaban J connectivity index is 0.000000382. The summed E-state index contributed by atoms with van der Waals surface area (Å²) in [4.78, 5) is 7.72. The molecule has 0 spiro atoms. The van der Waals surface area contributed by atoms with Crippen LogP contribution < -0.4 is 5.73 Å². The number of rotatable bonds is 10. The molecule has 0 radical (unpaired) electrons. The third-order valence-corrected chi connectivity index (χ3v) is 5.84. The molecule has 1 heterocycles. The van der Waals surface area contributed by atoms with Crippen LogP contribution in [0.5, 0.6) is 0 Å². The molecule has 0 aliphatic carbocycles. The van der Waals surface area contributed by atoms with Crippen molar-refractivity contribution < 1.29 is 9.30 Å². The smallest absolute Gasteiger partial charge is 0.158 e. The van der Waals surface area contributed by atoms with Crippen LogP contribution in [0.3, 0.4) is 0 Å². The van der Waals surface area contributed by atoms with Gasteiger partial charge in [-0.1, -0.05) is 51.3 Å². The number of halogens is 1. The number of nitrogens with two attached hydrogens (primary N) is 1. The molecule has 1 aromatic heterocycles. The highest BCUT2D eigenvalue weighted by Crippen LogP contribution is 2.23. The Labute approximate surface area is 186 Å². The molecule has 7 heteroatoms. The lowest BCUT2D eigenvalue weighted by molar-refractivity contribution is 0.308. The molecular weight excluding hydrogens is 417 g/mol. The molecule has 2 rings (SSSR count). The summed E-state index contributed by atoms with van der Waals surface area (Å²) >= 11 is 5.96. The third-order valence-electron chi connectivity index (χ3n) is 4.68. The lowest BCUT2D eigenvalue weighted by atomic mass is 10.1. The minimum absolute atomic E-state index is 0.340. The summed E-state index contributed by atoms with van der Waals surface area (Å²) in [5.41, 5.74) is 9.27. The summed E-state index contributed by atoms with van der Waals surface area (Å²) < 4.78 is 15.8. The first-order chi connectivity index (χ1) is 14.4. The molecule has 0 amide bonds. The van der Waals surface area contributed by atoms with Crippen LogP contribution >= 0.6 is 20.1 Å². The second-order valence-electron chi connectivity index (χ2n) is 6.95. The zero-order chi connectivity index (χ0) is 22.5. The maximum atomic E-state index is 10.4. The van der Waals surface area contributed by atoms with Crippen LogP contribution in [0, 0.1) is 0 Å². The summed E-state index contributed by atoms with van der Waals surface area (Å²) in [5.74, 6) is 1.35. The number of nitrogens with one attached hydrogen (secondary N) is 1. The predicted molar refractivity (Wildman–Crippen MR) is 129 cm³/mol. The molecule has 1 aromatic carbocycles. The molecule has 0 bridgehead atoms. The number of H-pyrrole nitrogens is 1. The van der Waals surface area contributed by atoms with Crippen molar-refractivity contribution in [2.75, 3.05) is 7.11 Å². The van der Waals surface area contributed by atoms with Gasteiger partial charge in [0.25, 0.3) is 0 Å². The van der Waals surface area contributed by atoms with Crippen molar-refractivity contribution in [2.24, 2.45) is 5.73 Å². The maximum absolute atomic E-state index is 10.4. The van der Waals surface area contributed by atoms with E-state index in [0.29, 0.717) is 36.4 Å². The fourth-order valence-electron chi connectivity index (χ4n) is 2.77. The number of allylic oxidation sites excluding steroid dienone is 3. The van der Waals surface area contributed by atoms with E-state index in [4.69, 9.17) is 22.1 Å². The zero-order valence-electron chi connectivity index (χ0n) is 18.4. The van der Waals surface area contributed by atoms with Gasteiger partial charge in [-0.3, -0.25) is 4.57 Å². The number of methoxy groups -OCH3 is 1. The van der Waals surface area contributed by atoms with Crippen LogP contribution in [0.4, 0.5) is 0 Å². The second kappa shape index (κ2) is 14.0. The summed E-state index contributed by atoms with van der Waals surface area (Å²) in [6.45, 7) is 9.81. The molecule has 5 nitrogen and oxygen atoms in total. The SMILES string of the molecule is C=C/C(N)=C\C(OC)=C(/C)c1nc2ccc(Cl)cc2[nH]1.CCCCCC(CC)P=O. The normalized spacial score (nSPS) is 13.4. The highest BCUT2D eigenvalue weighted by atomic mass is 35.5. The Bertz CT molecular complexity index is 890. The topological polar surface area (TPSA) is 81.0 Å². The van der Waals surface area contributed by atoms with Crippen molar-refractivity contribution in [2.45, 2.75) is 58.5 Å². The maximum Gasteiger partial charge on any atom is 0.158 e. The minimum atomic E-state index is 0.340. The van der Waals surface area contributed by atoms with Crippen LogP contribution in [-0.2, 0) is 9.30 Å². The largest absolute Gasteiger partial charge is 0.496 e. The van der Waals surface area contributed by atoms with Gasteiger partial charge in [0.1, 0.15) is 11.6 Å². The van der Waals surface area contributed by atoms with Crippen molar-refractivity contribution in [1.82, 2.24) is 9.97 Å². The van der Waals surface area contributed by atoms with Gasteiger partial charge in [0.15, 0.2) is 8.46 Å². The standard InChI is InChI=1S/C15H16ClN3O.C8H17OP/c1-4-11(17)8-14(20-3)9(2)15-18-12-6-5-10(16)7-13(12)19-15;1-3-5-6-7-8(4-2)10-9/h4-8H,1,17H2,2-3H3,(H,18,19);8H,3-7H2,1-2H3/b11-8+,14-9-;. The van der Waals surface area contributed by atoms with Crippen LogP contribution in [-0.4, -0.2) is 22.7 Å². The second-order valence-corrected chi connectivity index (χ2v) is 8.33. The van der Waals surface area contributed by atoms with Gasteiger partial charge in [-0.2, -0.15) is 0 Å². The molecular formula is C23H33ClN3O2P. The number of hydrogen-bond acceptors (Lipinski definition) is 4. The quantitative estimate of drug-likeness (QED) is 0.173. The number of ether oxygens (including phenoxy) is 1. The van der Waals surface area contributed by atoms with Gasteiger partial charge >= 0.3 is 0 Å². The van der Waals surface area contributed by atoms with E-state index in [-0.39, 0.29) is 0 Å². The number of hydrogen-bond donors (Lipinski definition) is 2. The Morgan fingerprint density at radius 1 is 1.40 bits per heavy atom. The minimum Gasteiger partial charge on any atom is -0.496 e. The van der Waals surface area contributed by atoms with Gasteiger partial charge < -0.3 is 15.5 Å². The van der Waals surface area contributed by atoms with Gasteiger partial charge in [-0.05, 0) is 44.0 Å². The predicted octanol–water partition coefficient (Wildman–Crippen LogP) is 7.26. The number of imidazole rings is 1. The van der Waals surface area contributed by atoms with Crippen LogP contribution in [0.1, 0.15) is 58.7 Å². The molecule has 0 fully saturated rings. The average Bonchev–Trinajstić information content (AvgIpc) is 3.18. The van der Waals surface area contributed by atoms with Gasteiger partial charge in [0, 0.05) is 28.0 Å². The van der Waals surface area contributed by atoms with Crippen molar-refractivity contribution >= 4 is 36.7 Å². The Morgan fingerprint density at radius 2 is 2.13 bits per heavy atom. The molecule has 1 atom stereocenters. The van der Waals surface area contributed by atoms with Crippen molar-refractivity contribution in [1.29, 1.82) is 0 Å². The van der Waals surface area contributed by atoms with Crippen LogP contribution in [0.25, 0.3) is 16.6 Å². The number of benzene rings is 1. The van der Waals surface area contributed by atoms with Gasteiger partial charge in [0.05, 0.1) is 18.1 Å². The number of aromatic amines is 1. The molecule has 1 unspecified atom stereocenters. The Hall–Kier alpha value is -2.10. The van der Waals surface area contributed by atoms with Gasteiger partial charge in [0.2, 0.25) is 0 Å². The third kappa shape index (κ3) is 8.33. The molecule has 2 aromatic rings. The van der Waals surface area contributed by atoms with E-state index < -0.39 is 0 Å². The molecule has 0 aliphatic heterocycles. The molecule has 30 heavy (non-hydrogen) atoms. The number of nitrogens with zero attached hydrogens (tertiary/aromatic N) is 1. The van der Waals surface area contributed by atoms with E-state index >= 15 is 0 Å². The van der Waals surface area contributed by atoms with Gasteiger partial charge in [-0.15, -0.1) is 0 Å². The summed E-state index contributed by atoms with van der Waals surface area (Å²) in [5, 5.41) is 0.664. The van der Waals surface area contributed by atoms with E-state index in [1.165, 1.54) is 19.3 Å². The lowest BCUT2D eigenvalue weighted by Gasteiger charge is -2.05. The van der Waals surface area contributed by atoms with Crippen molar-refractivity contribution in [3.8, 4) is 0 Å². The van der Waals surface area contributed by atoms with Crippen molar-refractivity contribution in [3.63, 3.8) is 0 Å². The molecule has 0 saturated heterocycles. The zero-order valence-corrected chi connectivity index (χ0v) is 20.0. The van der Waals surface area contributed by atoms with E-state index in [1.54, 1.807) is 25.3 Å². The first-order valence-electron chi connectivity index (χ1n) is 10.2. The average molecular weight is 450 g/mol. The summed E-state index contributed by atoms with van der Waals surface area (Å²) in [6, 6.07) is 5.51. The van der Waals surface area contributed by atoms with E-state index in [9.17, 15) is 4.57 Å². The Morgan fingerprint density at radius 3 is 2.70 bits per heavy atom. The van der Waals surface area contributed by atoms with Gasteiger partial charge in [-0.25, -0.2) is 4.98 Å². The van der Waals surface area contributed by atoms with Crippen LogP contribution in [0.2, 0.25) is 5.02 Å². The summed E-state index contributed by atoms with van der Waals surface area (Å²) in [7, 11) is 1.93. The highest BCUT2D eigenvalue weighted by molar-refractivity contribution is 7.24. The number of aromatic nitrogens is 2. The number of unbranched alkanes of at least 4 members (excludes halogenated alkanes) is 2. The first kappa shape index (κ1) is 25.9. The first-order valence-corrected chi connectivity index (χ1v) is 11.5. The van der Waals surface area contributed by atoms with E-state index in [1.807, 2.05) is 19.1 Å². The van der Waals surface area contributed by atoms with E-state index in [2.05, 4.69) is 30.4 Å². The van der Waals surface area contributed by atoms with E-state index in [0.717, 1.165) is 29.4 Å². The lowest BCUT2D eigenvalue weighted by Crippen LogP contribution is -1.97. The molecule has 3 N–H and O–H groups in total. The fourth-order valence-corrected chi connectivity index (χ4v) is 3.38. The fraction of sp³-hybridized carbons (Fsp3) is 0.435. The molecule has 0 saturated carbocycles. The highest BCUT2D eigenvalue weighted by Gasteiger charge is 2.09. The molecule has 0 aliphatic rings. The monoisotopic (exact) mass is 449 g/mol. The molecule has 164 valence electrons.